The van der Waals surface area contributed by atoms with Gasteiger partial charge in [0.05, 0.1) is 12.8 Å². The van der Waals surface area contributed by atoms with E-state index in [-0.39, 0.29) is 6.54 Å². The van der Waals surface area contributed by atoms with Gasteiger partial charge in [-0.3, -0.25) is 9.78 Å². The Hall–Kier alpha value is -1.62. The molecule has 0 aliphatic rings. The van der Waals surface area contributed by atoms with Crippen molar-refractivity contribution in [3.05, 3.63) is 24.0 Å². The third-order valence-electron chi connectivity index (χ3n) is 1.88. The fraction of sp³-hybridized carbons (Fsp3) is 0.333. The number of nitrogens with two attached hydrogens (primary N) is 1. The maximum Gasteiger partial charge on any atom is 0.313 e. The average molecular weight is 196 g/mol. The Kier molecular flexibility index (Phi) is 3.41. The molecule has 1 aromatic rings. The number of hydrogen-bond acceptors (Lipinski definition) is 4. The van der Waals surface area contributed by atoms with Gasteiger partial charge in [0.2, 0.25) is 0 Å². The minimum Gasteiger partial charge on any atom is -0.497 e. The predicted octanol–water partition coefficient (Wildman–Crippen LogP) is 0.217. The Morgan fingerprint density at radius 3 is 3.00 bits per heavy atom. The lowest BCUT2D eigenvalue weighted by atomic mass is 10.1. The van der Waals surface area contributed by atoms with Crippen LogP contribution in [0.5, 0.6) is 5.75 Å². The molecule has 0 spiro atoms. The first-order valence-corrected chi connectivity index (χ1v) is 4.12. The van der Waals surface area contributed by atoms with Crippen LogP contribution < -0.4 is 10.5 Å². The van der Waals surface area contributed by atoms with Crippen molar-refractivity contribution in [2.75, 3.05) is 13.7 Å². The van der Waals surface area contributed by atoms with Crippen molar-refractivity contribution in [3.63, 3.8) is 0 Å². The highest BCUT2D eigenvalue weighted by Gasteiger charge is 2.19. The van der Waals surface area contributed by atoms with E-state index in [4.69, 9.17) is 15.6 Å². The number of carboxylic acids is 1. The predicted molar refractivity (Wildman–Crippen MR) is 50.2 cm³/mol. The maximum atomic E-state index is 10.8. The topological polar surface area (TPSA) is 85.4 Å². The van der Waals surface area contributed by atoms with E-state index in [0.717, 1.165) is 0 Å². The summed E-state index contributed by atoms with van der Waals surface area (Å²) in [6, 6.07) is 3.23. The van der Waals surface area contributed by atoms with Crippen LogP contribution in [0, 0.1) is 0 Å². The molecule has 0 bridgehead atoms. The lowest BCUT2D eigenvalue weighted by Gasteiger charge is -2.09. The minimum atomic E-state index is -0.978. The van der Waals surface area contributed by atoms with Crippen LogP contribution in [-0.2, 0) is 4.79 Å². The summed E-state index contributed by atoms with van der Waals surface area (Å²) in [7, 11) is 1.51. The molecule has 5 nitrogen and oxygen atoms in total. The van der Waals surface area contributed by atoms with Crippen molar-refractivity contribution in [3.8, 4) is 5.75 Å². The number of nitrogens with zero attached hydrogens (tertiary/aromatic N) is 1. The van der Waals surface area contributed by atoms with Gasteiger partial charge in [0.25, 0.3) is 0 Å². The second-order valence-corrected chi connectivity index (χ2v) is 2.75. The number of methoxy groups -OCH3 is 1. The summed E-state index contributed by atoms with van der Waals surface area (Å²) in [6.45, 7) is 0.0233. The summed E-state index contributed by atoms with van der Waals surface area (Å²) in [5.41, 5.74) is 5.75. The number of carboxylic acid groups (broad SMARTS) is 1. The molecule has 0 amide bonds. The Morgan fingerprint density at radius 1 is 1.79 bits per heavy atom. The van der Waals surface area contributed by atoms with Crippen LogP contribution in [0.3, 0.4) is 0 Å². The molecule has 0 aliphatic heterocycles. The smallest absolute Gasteiger partial charge is 0.313 e. The van der Waals surface area contributed by atoms with E-state index in [9.17, 15) is 4.79 Å². The number of aromatic nitrogens is 1. The number of carbonyl (C=O) groups is 1. The molecule has 0 aliphatic carbocycles. The quantitative estimate of drug-likeness (QED) is 0.719. The fourth-order valence-corrected chi connectivity index (χ4v) is 1.09. The third kappa shape index (κ3) is 2.20. The Bertz CT molecular complexity index is 328. The van der Waals surface area contributed by atoms with Gasteiger partial charge in [-0.25, -0.2) is 0 Å². The third-order valence-corrected chi connectivity index (χ3v) is 1.88. The summed E-state index contributed by atoms with van der Waals surface area (Å²) >= 11 is 0. The Morgan fingerprint density at radius 2 is 2.50 bits per heavy atom. The number of pyridine rings is 1. The molecule has 0 aromatic carbocycles. The molecule has 76 valence electrons. The highest BCUT2D eigenvalue weighted by Crippen LogP contribution is 2.17. The molecule has 0 saturated heterocycles. The molecule has 5 heteroatoms. The van der Waals surface area contributed by atoms with Crippen LogP contribution in [0.25, 0.3) is 0 Å². The molecule has 1 aromatic heterocycles. The zero-order valence-electron chi connectivity index (χ0n) is 7.80. The van der Waals surface area contributed by atoms with Crippen molar-refractivity contribution in [2.24, 2.45) is 5.73 Å². The van der Waals surface area contributed by atoms with Crippen LogP contribution in [0.15, 0.2) is 18.3 Å². The van der Waals surface area contributed by atoms with Gasteiger partial charge in [0, 0.05) is 18.8 Å². The first-order chi connectivity index (χ1) is 6.69. The van der Waals surface area contributed by atoms with Gasteiger partial charge in [0.15, 0.2) is 0 Å². The fourth-order valence-electron chi connectivity index (χ4n) is 1.09. The minimum absolute atomic E-state index is 0.0233. The highest BCUT2D eigenvalue weighted by atomic mass is 16.5. The van der Waals surface area contributed by atoms with Crippen LogP contribution in [-0.4, -0.2) is 29.7 Å². The van der Waals surface area contributed by atoms with Gasteiger partial charge < -0.3 is 15.6 Å². The maximum absolute atomic E-state index is 10.8. The standard InChI is InChI=1S/C9H12N2O3/c1-14-6-2-3-11-8(4-6)7(5-10)9(12)13/h2-4,7H,5,10H2,1H3,(H,12,13). The van der Waals surface area contributed by atoms with E-state index in [0.29, 0.717) is 11.4 Å². The van der Waals surface area contributed by atoms with E-state index in [1.165, 1.54) is 13.3 Å². The van der Waals surface area contributed by atoms with E-state index in [1.807, 2.05) is 0 Å². The van der Waals surface area contributed by atoms with Gasteiger partial charge in [0.1, 0.15) is 11.7 Å². The van der Waals surface area contributed by atoms with Crippen LogP contribution >= 0.6 is 0 Å². The van der Waals surface area contributed by atoms with Gasteiger partial charge in [-0.15, -0.1) is 0 Å². The number of hydrogen-bond donors (Lipinski definition) is 2. The number of aliphatic carboxylic acids is 1. The molecule has 1 heterocycles. The first kappa shape index (κ1) is 10.5. The summed E-state index contributed by atoms with van der Waals surface area (Å²) < 4.78 is 4.96. The normalized spacial score (nSPS) is 12.1. The molecule has 1 unspecified atom stereocenters. The summed E-state index contributed by atoms with van der Waals surface area (Å²) in [5.74, 6) is -1.17. The SMILES string of the molecule is COc1ccnc(C(CN)C(=O)O)c1. The molecule has 0 saturated carbocycles. The molecule has 14 heavy (non-hydrogen) atoms. The largest absolute Gasteiger partial charge is 0.497 e. The van der Waals surface area contributed by atoms with Crippen molar-refractivity contribution in [1.29, 1.82) is 0 Å². The van der Waals surface area contributed by atoms with Gasteiger partial charge in [-0.2, -0.15) is 0 Å². The molecule has 0 radical (unpaired) electrons. The zero-order valence-corrected chi connectivity index (χ0v) is 7.80. The number of ether oxygens (including phenoxy) is 1. The molecular formula is C9H12N2O3. The second kappa shape index (κ2) is 4.57. The lowest BCUT2D eigenvalue weighted by Crippen LogP contribution is -2.22. The monoisotopic (exact) mass is 196 g/mol. The van der Waals surface area contributed by atoms with Crippen molar-refractivity contribution >= 4 is 5.97 Å². The number of rotatable bonds is 4. The second-order valence-electron chi connectivity index (χ2n) is 2.75. The van der Waals surface area contributed by atoms with E-state index in [2.05, 4.69) is 4.98 Å². The Labute approximate surface area is 81.5 Å². The highest BCUT2D eigenvalue weighted by molar-refractivity contribution is 5.75. The summed E-state index contributed by atoms with van der Waals surface area (Å²) in [6.07, 6.45) is 1.50. The van der Waals surface area contributed by atoms with Gasteiger partial charge in [-0.05, 0) is 6.07 Å². The summed E-state index contributed by atoms with van der Waals surface area (Å²) in [4.78, 5) is 14.7. The van der Waals surface area contributed by atoms with Crippen molar-refractivity contribution in [2.45, 2.75) is 5.92 Å². The molecular weight excluding hydrogens is 184 g/mol. The van der Waals surface area contributed by atoms with Gasteiger partial charge in [-0.1, -0.05) is 0 Å². The average Bonchev–Trinajstić information content (AvgIpc) is 2.19. The van der Waals surface area contributed by atoms with Crippen LogP contribution in [0.2, 0.25) is 0 Å². The van der Waals surface area contributed by atoms with E-state index >= 15 is 0 Å². The molecule has 1 rings (SSSR count). The molecule has 3 N–H and O–H groups in total. The first-order valence-electron chi connectivity index (χ1n) is 4.12. The zero-order chi connectivity index (χ0) is 10.6. The molecule has 1 atom stereocenters. The lowest BCUT2D eigenvalue weighted by molar-refractivity contribution is -0.138. The Balaban J connectivity index is 2.98. The van der Waals surface area contributed by atoms with Crippen LogP contribution in [0.1, 0.15) is 11.6 Å². The van der Waals surface area contributed by atoms with Crippen molar-refractivity contribution in [1.82, 2.24) is 4.98 Å². The van der Waals surface area contributed by atoms with Crippen LogP contribution in [0.4, 0.5) is 0 Å². The summed E-state index contributed by atoms with van der Waals surface area (Å²) in [5, 5.41) is 8.83. The van der Waals surface area contributed by atoms with Crippen molar-refractivity contribution < 1.29 is 14.6 Å². The van der Waals surface area contributed by atoms with E-state index in [1.54, 1.807) is 12.1 Å². The van der Waals surface area contributed by atoms with E-state index < -0.39 is 11.9 Å². The van der Waals surface area contributed by atoms with Gasteiger partial charge >= 0.3 is 5.97 Å². The molecule has 0 fully saturated rings.